The lowest BCUT2D eigenvalue weighted by atomic mass is 9.98. The zero-order valence-electron chi connectivity index (χ0n) is 15.3. The summed E-state index contributed by atoms with van der Waals surface area (Å²) < 4.78 is 0. The zero-order valence-corrected chi connectivity index (χ0v) is 16.1. The van der Waals surface area contributed by atoms with Crippen LogP contribution in [0.25, 0.3) is 0 Å². The van der Waals surface area contributed by atoms with E-state index in [1.807, 2.05) is 30.1 Å². The number of aryl methyl sites for hydroxylation is 1. The lowest BCUT2D eigenvalue weighted by Crippen LogP contribution is -2.49. The molecule has 2 atom stereocenters. The number of fused-ring (bicyclic) bond motifs is 3. The molecule has 2 fully saturated rings. The lowest BCUT2D eigenvalue weighted by Gasteiger charge is -2.36. The Kier molecular flexibility index (Phi) is 5.88. The molecule has 3 aliphatic rings. The maximum absolute atomic E-state index is 12.7. The molecule has 2 saturated heterocycles. The SMILES string of the molecule is CN(C(=O)CCN1C(=O)CCc2ccccc21)C1CC2CCC(C1)N2.Cl. The Labute approximate surface area is 161 Å². The fourth-order valence-corrected chi connectivity index (χ4v) is 4.67. The summed E-state index contributed by atoms with van der Waals surface area (Å²) in [6.07, 6.45) is 6.34. The Balaban J connectivity index is 0.00000196. The second-order valence-corrected chi connectivity index (χ2v) is 7.69. The smallest absolute Gasteiger partial charge is 0.227 e. The number of hydrogen-bond acceptors (Lipinski definition) is 3. The highest BCUT2D eigenvalue weighted by Gasteiger charge is 2.36. The number of carbonyl (C=O) groups excluding carboxylic acids is 2. The number of para-hydroxylation sites is 1. The first kappa shape index (κ1) is 19.2. The number of piperidine rings is 1. The number of amides is 2. The van der Waals surface area contributed by atoms with Crippen LogP contribution in [-0.2, 0) is 16.0 Å². The molecular weight excluding hydrogens is 350 g/mol. The van der Waals surface area contributed by atoms with Gasteiger partial charge < -0.3 is 15.1 Å². The summed E-state index contributed by atoms with van der Waals surface area (Å²) in [5.74, 6) is 0.288. The van der Waals surface area contributed by atoms with Gasteiger partial charge in [0, 0.05) is 50.2 Å². The van der Waals surface area contributed by atoms with Gasteiger partial charge in [-0.1, -0.05) is 18.2 Å². The van der Waals surface area contributed by atoms with Crippen molar-refractivity contribution in [1.29, 1.82) is 0 Å². The Bertz CT molecular complexity index is 669. The second-order valence-electron chi connectivity index (χ2n) is 7.69. The Morgan fingerprint density at radius 1 is 1.19 bits per heavy atom. The van der Waals surface area contributed by atoms with Gasteiger partial charge in [-0.15, -0.1) is 12.4 Å². The molecule has 142 valence electrons. The van der Waals surface area contributed by atoms with Crippen molar-refractivity contribution in [3.8, 4) is 0 Å². The molecule has 5 nitrogen and oxygen atoms in total. The minimum atomic E-state index is 0. The Morgan fingerprint density at radius 3 is 2.62 bits per heavy atom. The van der Waals surface area contributed by atoms with E-state index in [1.165, 1.54) is 18.4 Å². The van der Waals surface area contributed by atoms with Crippen LogP contribution in [0.5, 0.6) is 0 Å². The topological polar surface area (TPSA) is 52.7 Å². The summed E-state index contributed by atoms with van der Waals surface area (Å²) in [5.41, 5.74) is 2.19. The molecule has 2 unspecified atom stereocenters. The van der Waals surface area contributed by atoms with Crippen molar-refractivity contribution in [1.82, 2.24) is 10.2 Å². The largest absolute Gasteiger partial charge is 0.343 e. The molecule has 2 amide bonds. The fourth-order valence-electron chi connectivity index (χ4n) is 4.67. The van der Waals surface area contributed by atoms with Crippen molar-refractivity contribution < 1.29 is 9.59 Å². The first-order chi connectivity index (χ1) is 12.1. The third-order valence-corrected chi connectivity index (χ3v) is 6.13. The first-order valence-corrected chi connectivity index (χ1v) is 9.52. The van der Waals surface area contributed by atoms with Crippen molar-refractivity contribution in [2.75, 3.05) is 18.5 Å². The molecule has 0 aliphatic carbocycles. The molecule has 2 bridgehead atoms. The van der Waals surface area contributed by atoms with Crippen LogP contribution in [0.15, 0.2) is 24.3 Å². The molecule has 1 aromatic carbocycles. The minimum absolute atomic E-state index is 0. The van der Waals surface area contributed by atoms with E-state index < -0.39 is 0 Å². The molecule has 3 heterocycles. The van der Waals surface area contributed by atoms with Gasteiger partial charge in [0.05, 0.1) is 0 Å². The maximum atomic E-state index is 12.7. The summed E-state index contributed by atoms with van der Waals surface area (Å²) in [4.78, 5) is 28.8. The first-order valence-electron chi connectivity index (χ1n) is 9.52. The van der Waals surface area contributed by atoms with E-state index in [4.69, 9.17) is 0 Å². The van der Waals surface area contributed by atoms with Crippen molar-refractivity contribution in [3.63, 3.8) is 0 Å². The van der Waals surface area contributed by atoms with Crippen molar-refractivity contribution in [2.45, 2.75) is 63.1 Å². The van der Waals surface area contributed by atoms with E-state index in [2.05, 4.69) is 11.4 Å². The highest BCUT2D eigenvalue weighted by molar-refractivity contribution is 5.97. The summed E-state index contributed by atoms with van der Waals surface area (Å²) in [5, 5.41) is 3.62. The normalized spacial score (nSPS) is 26.9. The molecule has 0 radical (unpaired) electrons. The fraction of sp³-hybridized carbons (Fsp3) is 0.600. The van der Waals surface area contributed by atoms with Gasteiger partial charge in [0.15, 0.2) is 0 Å². The summed E-state index contributed by atoms with van der Waals surface area (Å²) in [6, 6.07) is 9.54. The van der Waals surface area contributed by atoms with Crippen LogP contribution in [0.2, 0.25) is 0 Å². The van der Waals surface area contributed by atoms with Crippen molar-refractivity contribution >= 4 is 29.9 Å². The number of halogens is 1. The number of carbonyl (C=O) groups is 2. The van der Waals surface area contributed by atoms with Crippen LogP contribution >= 0.6 is 12.4 Å². The summed E-state index contributed by atoms with van der Waals surface area (Å²) in [6.45, 7) is 0.483. The lowest BCUT2D eigenvalue weighted by molar-refractivity contribution is -0.132. The van der Waals surface area contributed by atoms with Gasteiger partial charge in [0.25, 0.3) is 0 Å². The van der Waals surface area contributed by atoms with Crippen molar-refractivity contribution in [2.24, 2.45) is 0 Å². The van der Waals surface area contributed by atoms with E-state index >= 15 is 0 Å². The van der Waals surface area contributed by atoms with E-state index in [9.17, 15) is 9.59 Å². The van der Waals surface area contributed by atoms with E-state index in [0.717, 1.165) is 24.9 Å². The average molecular weight is 378 g/mol. The molecule has 3 aliphatic heterocycles. The summed E-state index contributed by atoms with van der Waals surface area (Å²) >= 11 is 0. The van der Waals surface area contributed by atoms with Crippen LogP contribution in [0.4, 0.5) is 5.69 Å². The van der Waals surface area contributed by atoms with Gasteiger partial charge >= 0.3 is 0 Å². The molecule has 0 aromatic heterocycles. The van der Waals surface area contributed by atoms with E-state index in [0.29, 0.717) is 37.5 Å². The van der Waals surface area contributed by atoms with Crippen LogP contribution < -0.4 is 10.2 Å². The van der Waals surface area contributed by atoms with Crippen molar-refractivity contribution in [3.05, 3.63) is 29.8 Å². The maximum Gasteiger partial charge on any atom is 0.227 e. The molecule has 1 aromatic rings. The number of hydrogen-bond donors (Lipinski definition) is 1. The second kappa shape index (κ2) is 7.97. The van der Waals surface area contributed by atoms with Gasteiger partial charge in [-0.25, -0.2) is 0 Å². The molecule has 26 heavy (non-hydrogen) atoms. The third kappa shape index (κ3) is 3.74. The number of rotatable bonds is 4. The highest BCUT2D eigenvalue weighted by atomic mass is 35.5. The quantitative estimate of drug-likeness (QED) is 0.877. The molecule has 6 heteroatoms. The summed E-state index contributed by atoms with van der Waals surface area (Å²) in [7, 11) is 1.93. The Hall–Kier alpha value is -1.59. The predicted molar refractivity (Wildman–Crippen MR) is 105 cm³/mol. The Morgan fingerprint density at radius 2 is 1.88 bits per heavy atom. The number of nitrogens with one attached hydrogen (secondary N) is 1. The molecular formula is C20H28ClN3O2. The third-order valence-electron chi connectivity index (χ3n) is 6.13. The molecule has 0 saturated carbocycles. The van der Waals surface area contributed by atoms with Gasteiger partial charge in [-0.2, -0.15) is 0 Å². The van der Waals surface area contributed by atoms with E-state index in [1.54, 1.807) is 4.90 Å². The van der Waals surface area contributed by atoms with Gasteiger partial charge in [0.2, 0.25) is 11.8 Å². The minimum Gasteiger partial charge on any atom is -0.343 e. The monoisotopic (exact) mass is 377 g/mol. The van der Waals surface area contributed by atoms with Gasteiger partial charge in [-0.3, -0.25) is 9.59 Å². The number of anilines is 1. The van der Waals surface area contributed by atoms with Crippen LogP contribution in [-0.4, -0.2) is 48.4 Å². The highest BCUT2D eigenvalue weighted by Crippen LogP contribution is 2.30. The number of benzene rings is 1. The van der Waals surface area contributed by atoms with Gasteiger partial charge in [0.1, 0.15) is 0 Å². The van der Waals surface area contributed by atoms with Gasteiger partial charge in [-0.05, 0) is 43.7 Å². The molecule has 0 spiro atoms. The standard InChI is InChI=1S/C20H27N3O2.ClH/c1-22(17-12-15-7-8-16(13-17)21-15)19(24)10-11-23-18-5-3-2-4-14(18)6-9-20(23)25;/h2-5,15-17,21H,6-13H2,1H3;1H. The van der Waals surface area contributed by atoms with Crippen LogP contribution in [0.1, 0.15) is 44.1 Å². The van der Waals surface area contributed by atoms with Crippen LogP contribution in [0.3, 0.4) is 0 Å². The molecule has 4 rings (SSSR count). The zero-order chi connectivity index (χ0) is 17.4. The average Bonchev–Trinajstić information content (AvgIpc) is 2.97. The van der Waals surface area contributed by atoms with Crippen LogP contribution in [0, 0.1) is 0 Å². The van der Waals surface area contributed by atoms with E-state index in [-0.39, 0.29) is 24.2 Å². The predicted octanol–water partition coefficient (Wildman–Crippen LogP) is 2.52. The number of nitrogens with zero attached hydrogens (tertiary/aromatic N) is 2. The molecule has 1 N–H and O–H groups in total.